The Labute approximate surface area is 197 Å². The number of hydrogen-bond donors (Lipinski definition) is 1. The molecular formula is C23H22Cl2N2O4S. The Hall–Kier alpha value is -2.74. The fourth-order valence-corrected chi connectivity index (χ4v) is 4.66. The van der Waals surface area contributed by atoms with Crippen LogP contribution in [0.1, 0.15) is 12.5 Å². The molecular weight excluding hydrogens is 471 g/mol. The molecule has 0 aliphatic carbocycles. The number of nitrogens with zero attached hydrogens (tertiary/aromatic N) is 1. The number of sulfonamides is 1. The number of halogens is 2. The van der Waals surface area contributed by atoms with Crippen LogP contribution in [0.15, 0.2) is 77.7 Å². The van der Waals surface area contributed by atoms with E-state index in [0.717, 1.165) is 15.6 Å². The molecule has 1 amide bonds. The minimum Gasteiger partial charge on any atom is -0.494 e. The maximum Gasteiger partial charge on any atom is 0.264 e. The Morgan fingerprint density at radius 3 is 2.28 bits per heavy atom. The third kappa shape index (κ3) is 6.16. The first kappa shape index (κ1) is 23.9. The number of rotatable bonds is 9. The maximum absolute atomic E-state index is 13.3. The van der Waals surface area contributed by atoms with Crippen molar-refractivity contribution in [1.29, 1.82) is 0 Å². The molecule has 9 heteroatoms. The Kier molecular flexibility index (Phi) is 8.01. The van der Waals surface area contributed by atoms with Gasteiger partial charge >= 0.3 is 0 Å². The van der Waals surface area contributed by atoms with Crippen molar-refractivity contribution in [3.05, 3.63) is 88.4 Å². The summed E-state index contributed by atoms with van der Waals surface area (Å²) >= 11 is 12.0. The molecule has 1 N–H and O–H groups in total. The van der Waals surface area contributed by atoms with Crippen LogP contribution in [-0.4, -0.2) is 27.5 Å². The van der Waals surface area contributed by atoms with Gasteiger partial charge in [0.25, 0.3) is 10.0 Å². The molecule has 0 heterocycles. The third-order valence-corrected chi connectivity index (χ3v) is 6.78. The Morgan fingerprint density at radius 2 is 1.66 bits per heavy atom. The van der Waals surface area contributed by atoms with Gasteiger partial charge in [-0.2, -0.15) is 0 Å². The van der Waals surface area contributed by atoms with Gasteiger partial charge in [-0.1, -0.05) is 41.4 Å². The van der Waals surface area contributed by atoms with Crippen molar-refractivity contribution in [2.75, 3.05) is 17.5 Å². The second kappa shape index (κ2) is 10.7. The lowest BCUT2D eigenvalue weighted by Crippen LogP contribution is -2.40. The number of nitrogens with one attached hydrogen (secondary N) is 1. The van der Waals surface area contributed by atoms with E-state index in [2.05, 4.69) is 5.32 Å². The quantitative estimate of drug-likeness (QED) is 0.460. The fourth-order valence-electron chi connectivity index (χ4n) is 2.94. The van der Waals surface area contributed by atoms with Gasteiger partial charge in [0.1, 0.15) is 12.3 Å². The predicted octanol–water partition coefficient (Wildman–Crippen LogP) is 4.90. The summed E-state index contributed by atoms with van der Waals surface area (Å²) in [5, 5.41) is 3.52. The van der Waals surface area contributed by atoms with Crippen molar-refractivity contribution in [3.8, 4) is 5.75 Å². The number of ether oxygens (including phenoxy) is 1. The molecule has 32 heavy (non-hydrogen) atoms. The molecule has 0 saturated carbocycles. The Balaban J connectivity index is 1.79. The van der Waals surface area contributed by atoms with Crippen LogP contribution in [0, 0.1) is 0 Å². The molecule has 0 atom stereocenters. The highest BCUT2D eigenvalue weighted by Crippen LogP contribution is 2.26. The summed E-state index contributed by atoms with van der Waals surface area (Å²) in [7, 11) is -4.04. The first-order valence-electron chi connectivity index (χ1n) is 9.82. The topological polar surface area (TPSA) is 75.7 Å². The zero-order valence-electron chi connectivity index (χ0n) is 17.3. The minimum atomic E-state index is -4.04. The van der Waals surface area contributed by atoms with Gasteiger partial charge in [0.15, 0.2) is 0 Å². The van der Waals surface area contributed by atoms with Gasteiger partial charge in [-0.05, 0) is 67.1 Å². The molecule has 3 aromatic rings. The SMILES string of the molecule is CCOc1ccc(CNC(=O)CN(c2cccc(Cl)c2)S(=O)(=O)c2ccc(Cl)cc2)cc1. The summed E-state index contributed by atoms with van der Waals surface area (Å²) < 4.78 is 33.0. The van der Waals surface area contributed by atoms with Crippen LogP contribution in [0.3, 0.4) is 0 Å². The molecule has 0 aliphatic rings. The van der Waals surface area contributed by atoms with E-state index in [1.54, 1.807) is 18.2 Å². The lowest BCUT2D eigenvalue weighted by Gasteiger charge is -2.24. The molecule has 0 aromatic heterocycles. The molecule has 0 bridgehead atoms. The number of hydrogen-bond acceptors (Lipinski definition) is 4. The zero-order chi connectivity index (χ0) is 23.1. The summed E-state index contributed by atoms with van der Waals surface area (Å²) in [4.78, 5) is 12.7. The summed E-state index contributed by atoms with van der Waals surface area (Å²) in [6.45, 7) is 2.30. The van der Waals surface area contributed by atoms with Crippen molar-refractivity contribution in [2.24, 2.45) is 0 Å². The molecule has 3 aromatic carbocycles. The first-order chi connectivity index (χ1) is 15.3. The smallest absolute Gasteiger partial charge is 0.264 e. The van der Waals surface area contributed by atoms with E-state index in [1.807, 2.05) is 31.2 Å². The van der Waals surface area contributed by atoms with Crippen LogP contribution >= 0.6 is 23.2 Å². The largest absolute Gasteiger partial charge is 0.494 e. The van der Waals surface area contributed by atoms with Crippen molar-refractivity contribution >= 4 is 44.8 Å². The van der Waals surface area contributed by atoms with Gasteiger partial charge in [0.2, 0.25) is 5.91 Å². The second-order valence-electron chi connectivity index (χ2n) is 6.80. The lowest BCUT2D eigenvalue weighted by molar-refractivity contribution is -0.119. The number of amides is 1. The van der Waals surface area contributed by atoms with E-state index in [0.29, 0.717) is 16.7 Å². The van der Waals surface area contributed by atoms with E-state index in [1.165, 1.54) is 30.3 Å². The molecule has 168 valence electrons. The van der Waals surface area contributed by atoms with E-state index in [9.17, 15) is 13.2 Å². The molecule has 0 saturated heterocycles. The van der Waals surface area contributed by atoms with Crippen molar-refractivity contribution in [1.82, 2.24) is 5.32 Å². The minimum absolute atomic E-state index is 0.0150. The highest BCUT2D eigenvalue weighted by Gasteiger charge is 2.27. The number of anilines is 1. The van der Waals surface area contributed by atoms with Crippen LogP contribution in [0.2, 0.25) is 10.0 Å². The van der Waals surface area contributed by atoms with Gasteiger partial charge < -0.3 is 10.1 Å². The summed E-state index contributed by atoms with van der Waals surface area (Å²) in [5.41, 5.74) is 1.14. The highest BCUT2D eigenvalue weighted by atomic mass is 35.5. The van der Waals surface area contributed by atoms with Gasteiger partial charge in [0.05, 0.1) is 17.2 Å². The molecule has 3 rings (SSSR count). The molecule has 0 aliphatic heterocycles. The predicted molar refractivity (Wildman–Crippen MR) is 127 cm³/mol. The Bertz CT molecular complexity index is 1170. The van der Waals surface area contributed by atoms with E-state index in [-0.39, 0.29) is 17.1 Å². The van der Waals surface area contributed by atoms with Crippen LogP contribution in [0.4, 0.5) is 5.69 Å². The summed E-state index contributed by atoms with van der Waals surface area (Å²) in [6, 6.07) is 19.4. The molecule has 0 radical (unpaired) electrons. The van der Waals surface area contributed by atoms with E-state index in [4.69, 9.17) is 27.9 Å². The summed E-state index contributed by atoms with van der Waals surface area (Å²) in [6.07, 6.45) is 0. The monoisotopic (exact) mass is 492 g/mol. The van der Waals surface area contributed by atoms with Crippen LogP contribution in [0.5, 0.6) is 5.75 Å². The lowest BCUT2D eigenvalue weighted by atomic mass is 10.2. The molecule has 6 nitrogen and oxygen atoms in total. The normalized spacial score (nSPS) is 11.1. The van der Waals surface area contributed by atoms with Crippen molar-refractivity contribution in [2.45, 2.75) is 18.4 Å². The van der Waals surface area contributed by atoms with Gasteiger partial charge in [-0.25, -0.2) is 8.42 Å². The van der Waals surface area contributed by atoms with E-state index < -0.39 is 22.5 Å². The maximum atomic E-state index is 13.3. The Morgan fingerprint density at radius 1 is 0.969 bits per heavy atom. The van der Waals surface area contributed by atoms with Crippen LogP contribution < -0.4 is 14.4 Å². The molecule has 0 unspecified atom stereocenters. The standard InChI is InChI=1S/C23H22Cl2N2O4S/c1-2-31-21-10-6-17(7-11-21)15-26-23(28)16-27(20-5-3-4-19(25)14-20)32(29,30)22-12-8-18(24)9-13-22/h3-14H,2,15-16H2,1H3,(H,26,28). The van der Waals surface area contributed by atoms with Gasteiger partial charge in [0, 0.05) is 16.6 Å². The van der Waals surface area contributed by atoms with Crippen molar-refractivity contribution in [3.63, 3.8) is 0 Å². The molecule has 0 fully saturated rings. The average Bonchev–Trinajstić information content (AvgIpc) is 2.77. The zero-order valence-corrected chi connectivity index (χ0v) is 19.6. The van der Waals surface area contributed by atoms with E-state index >= 15 is 0 Å². The second-order valence-corrected chi connectivity index (χ2v) is 9.53. The van der Waals surface area contributed by atoms with Gasteiger partial charge in [-0.3, -0.25) is 9.10 Å². The van der Waals surface area contributed by atoms with Crippen LogP contribution in [0.25, 0.3) is 0 Å². The first-order valence-corrected chi connectivity index (χ1v) is 12.0. The summed E-state index contributed by atoms with van der Waals surface area (Å²) in [5.74, 6) is 0.278. The number of benzene rings is 3. The fraction of sp³-hybridized carbons (Fsp3) is 0.174. The average molecular weight is 493 g/mol. The molecule has 0 spiro atoms. The number of carbonyl (C=O) groups is 1. The number of carbonyl (C=O) groups excluding carboxylic acids is 1. The highest BCUT2D eigenvalue weighted by molar-refractivity contribution is 7.92. The van der Waals surface area contributed by atoms with Crippen LogP contribution in [-0.2, 0) is 21.4 Å². The van der Waals surface area contributed by atoms with Crippen molar-refractivity contribution < 1.29 is 17.9 Å². The third-order valence-electron chi connectivity index (χ3n) is 4.51. The van der Waals surface area contributed by atoms with Gasteiger partial charge in [-0.15, -0.1) is 0 Å².